The van der Waals surface area contributed by atoms with Gasteiger partial charge in [0.15, 0.2) is 0 Å². The third-order valence-corrected chi connectivity index (χ3v) is 5.96. The van der Waals surface area contributed by atoms with Crippen LogP contribution in [0.15, 0.2) is 29.2 Å². The smallest absolute Gasteiger partial charge is 0.242 e. The molecule has 2 rings (SSSR count). The van der Waals surface area contributed by atoms with Crippen molar-refractivity contribution < 1.29 is 8.42 Å². The van der Waals surface area contributed by atoms with Gasteiger partial charge in [-0.15, -0.1) is 0 Å². The molecule has 0 aromatic heterocycles. The highest BCUT2D eigenvalue weighted by Crippen LogP contribution is 2.21. The van der Waals surface area contributed by atoms with E-state index in [2.05, 4.69) is 11.9 Å². The lowest BCUT2D eigenvalue weighted by atomic mass is 10.1. The summed E-state index contributed by atoms with van der Waals surface area (Å²) in [6, 6.07) is 6.77. The molecule has 118 valence electrons. The monoisotopic (exact) mass is 311 g/mol. The van der Waals surface area contributed by atoms with E-state index in [0.29, 0.717) is 17.4 Å². The zero-order valence-electron chi connectivity index (χ0n) is 13.0. The first-order chi connectivity index (χ1) is 9.80. The van der Waals surface area contributed by atoms with Crippen LogP contribution in [0.3, 0.4) is 0 Å². The maximum Gasteiger partial charge on any atom is 0.242 e. The molecule has 1 saturated heterocycles. The van der Waals surface area contributed by atoms with Gasteiger partial charge in [0.25, 0.3) is 0 Å². The second kappa shape index (κ2) is 6.44. The lowest BCUT2D eigenvalue weighted by molar-refractivity contribution is 0.357. The number of hydrogen-bond donors (Lipinski definition) is 1. The molecule has 2 N–H and O–H groups in total. The van der Waals surface area contributed by atoms with Gasteiger partial charge in [-0.2, -0.15) is 0 Å². The molecule has 0 amide bonds. The van der Waals surface area contributed by atoms with E-state index in [1.54, 1.807) is 31.3 Å². The molecule has 1 aliphatic heterocycles. The lowest BCUT2D eigenvalue weighted by Crippen LogP contribution is -2.32. The highest BCUT2D eigenvalue weighted by Gasteiger charge is 2.27. The van der Waals surface area contributed by atoms with Gasteiger partial charge in [-0.05, 0) is 50.6 Å². The van der Waals surface area contributed by atoms with Crippen LogP contribution in [0.4, 0.5) is 0 Å². The van der Waals surface area contributed by atoms with Crippen LogP contribution in [0.5, 0.6) is 0 Å². The Bertz CT molecular complexity index is 569. The van der Waals surface area contributed by atoms with Gasteiger partial charge in [-0.1, -0.05) is 12.1 Å². The summed E-state index contributed by atoms with van der Waals surface area (Å²) < 4.78 is 26.6. The van der Waals surface area contributed by atoms with E-state index in [0.717, 1.165) is 25.1 Å². The Kier molecular flexibility index (Phi) is 5.03. The standard InChI is InChI=1S/C15H25N3O2S/c1-12(16)14-4-6-15(7-5-14)21(19,20)18(3)11-13-8-9-17(2)10-13/h4-7,12-13H,8-11,16H2,1-3H3. The van der Waals surface area contributed by atoms with Crippen molar-refractivity contribution >= 4 is 10.0 Å². The van der Waals surface area contributed by atoms with Crippen LogP contribution in [0.1, 0.15) is 24.9 Å². The molecule has 0 saturated carbocycles. The zero-order chi connectivity index (χ0) is 15.6. The average molecular weight is 311 g/mol. The molecule has 1 aromatic rings. The van der Waals surface area contributed by atoms with E-state index in [1.165, 1.54) is 4.31 Å². The van der Waals surface area contributed by atoms with Crippen LogP contribution in [0.2, 0.25) is 0 Å². The van der Waals surface area contributed by atoms with Gasteiger partial charge in [0, 0.05) is 26.2 Å². The maximum atomic E-state index is 12.6. The van der Waals surface area contributed by atoms with E-state index >= 15 is 0 Å². The van der Waals surface area contributed by atoms with Gasteiger partial charge in [0.2, 0.25) is 10.0 Å². The lowest BCUT2D eigenvalue weighted by Gasteiger charge is -2.21. The molecular formula is C15H25N3O2S. The molecule has 1 aliphatic rings. The predicted octanol–water partition coefficient (Wildman–Crippen LogP) is 1.28. The average Bonchev–Trinajstić information content (AvgIpc) is 2.84. The molecule has 0 radical (unpaired) electrons. The fraction of sp³-hybridized carbons (Fsp3) is 0.600. The van der Waals surface area contributed by atoms with Crippen LogP contribution in [0.25, 0.3) is 0 Å². The molecular weight excluding hydrogens is 286 g/mol. The van der Waals surface area contributed by atoms with Gasteiger partial charge in [-0.25, -0.2) is 12.7 Å². The third kappa shape index (κ3) is 3.83. The molecule has 0 aliphatic carbocycles. The van der Waals surface area contributed by atoms with Crippen molar-refractivity contribution in [2.45, 2.75) is 24.3 Å². The number of likely N-dealkylation sites (tertiary alicyclic amines) is 1. The number of nitrogens with two attached hydrogens (primary N) is 1. The molecule has 5 nitrogen and oxygen atoms in total. The summed E-state index contributed by atoms with van der Waals surface area (Å²) in [5, 5.41) is 0. The molecule has 1 fully saturated rings. The topological polar surface area (TPSA) is 66.6 Å². The van der Waals surface area contributed by atoms with Crippen molar-refractivity contribution in [2.24, 2.45) is 11.7 Å². The van der Waals surface area contributed by atoms with Crippen molar-refractivity contribution in [3.8, 4) is 0 Å². The Balaban J connectivity index is 2.09. The number of sulfonamides is 1. The summed E-state index contributed by atoms with van der Waals surface area (Å²) in [6.07, 6.45) is 1.06. The molecule has 2 unspecified atom stereocenters. The van der Waals surface area contributed by atoms with E-state index in [9.17, 15) is 8.42 Å². The molecule has 1 heterocycles. The minimum atomic E-state index is -3.41. The van der Waals surface area contributed by atoms with E-state index in [1.807, 2.05) is 6.92 Å². The summed E-state index contributed by atoms with van der Waals surface area (Å²) in [5.74, 6) is 0.415. The predicted molar refractivity (Wildman–Crippen MR) is 84.5 cm³/mol. The highest BCUT2D eigenvalue weighted by atomic mass is 32.2. The highest BCUT2D eigenvalue weighted by molar-refractivity contribution is 7.89. The first kappa shape index (κ1) is 16.4. The summed E-state index contributed by atoms with van der Waals surface area (Å²) in [4.78, 5) is 2.57. The Morgan fingerprint density at radius 1 is 1.38 bits per heavy atom. The number of hydrogen-bond acceptors (Lipinski definition) is 4. The summed E-state index contributed by atoms with van der Waals surface area (Å²) >= 11 is 0. The first-order valence-electron chi connectivity index (χ1n) is 7.31. The molecule has 6 heteroatoms. The molecule has 0 spiro atoms. The Labute approximate surface area is 127 Å². The fourth-order valence-corrected chi connectivity index (χ4v) is 4.01. The van der Waals surface area contributed by atoms with Crippen molar-refractivity contribution in [3.63, 3.8) is 0 Å². The fourth-order valence-electron chi connectivity index (χ4n) is 2.76. The molecule has 21 heavy (non-hydrogen) atoms. The molecule has 2 atom stereocenters. The normalized spacial score (nSPS) is 21.9. The number of benzene rings is 1. The number of rotatable bonds is 5. The zero-order valence-corrected chi connectivity index (χ0v) is 13.8. The van der Waals surface area contributed by atoms with Crippen LogP contribution >= 0.6 is 0 Å². The molecule has 0 bridgehead atoms. The summed E-state index contributed by atoms with van der Waals surface area (Å²) in [6.45, 7) is 4.46. The minimum absolute atomic E-state index is 0.0893. The Morgan fingerprint density at radius 2 is 2.00 bits per heavy atom. The first-order valence-corrected chi connectivity index (χ1v) is 8.75. The molecule has 1 aromatic carbocycles. The van der Waals surface area contributed by atoms with Gasteiger partial charge in [-0.3, -0.25) is 0 Å². The van der Waals surface area contributed by atoms with Crippen molar-refractivity contribution in [1.82, 2.24) is 9.21 Å². The van der Waals surface area contributed by atoms with Crippen molar-refractivity contribution in [1.29, 1.82) is 0 Å². The van der Waals surface area contributed by atoms with Crippen LogP contribution in [0, 0.1) is 5.92 Å². The maximum absolute atomic E-state index is 12.6. The van der Waals surface area contributed by atoms with E-state index in [4.69, 9.17) is 5.73 Å². The summed E-state index contributed by atoms with van der Waals surface area (Å²) in [5.41, 5.74) is 6.73. The third-order valence-electron chi connectivity index (χ3n) is 4.12. The number of nitrogens with zero attached hydrogens (tertiary/aromatic N) is 2. The Morgan fingerprint density at radius 3 is 2.48 bits per heavy atom. The van der Waals surface area contributed by atoms with Crippen molar-refractivity contribution in [2.75, 3.05) is 33.7 Å². The second-order valence-electron chi connectivity index (χ2n) is 6.06. The SMILES string of the molecule is CC(N)c1ccc(S(=O)(=O)N(C)CC2CCN(C)C2)cc1. The minimum Gasteiger partial charge on any atom is -0.324 e. The largest absolute Gasteiger partial charge is 0.324 e. The van der Waals surface area contributed by atoms with Gasteiger partial charge in [0.05, 0.1) is 4.90 Å². The van der Waals surface area contributed by atoms with Crippen molar-refractivity contribution in [3.05, 3.63) is 29.8 Å². The van der Waals surface area contributed by atoms with E-state index in [-0.39, 0.29) is 6.04 Å². The van der Waals surface area contributed by atoms with Gasteiger partial charge in [0.1, 0.15) is 0 Å². The van der Waals surface area contributed by atoms with E-state index < -0.39 is 10.0 Å². The van der Waals surface area contributed by atoms with Gasteiger partial charge < -0.3 is 10.6 Å². The quantitative estimate of drug-likeness (QED) is 0.889. The van der Waals surface area contributed by atoms with Gasteiger partial charge >= 0.3 is 0 Å². The second-order valence-corrected chi connectivity index (χ2v) is 8.11. The van der Waals surface area contributed by atoms with Crippen LogP contribution in [-0.4, -0.2) is 51.4 Å². The van der Waals surface area contributed by atoms with Crippen LogP contribution < -0.4 is 5.73 Å². The summed E-state index contributed by atoms with van der Waals surface area (Å²) in [7, 11) is 0.318. The Hall–Kier alpha value is -0.950. The van der Waals surface area contributed by atoms with Crippen LogP contribution in [-0.2, 0) is 10.0 Å².